The Morgan fingerprint density at radius 3 is 2.56 bits per heavy atom. The number of para-hydroxylation sites is 1. The van der Waals surface area contributed by atoms with Crippen molar-refractivity contribution in [2.24, 2.45) is 0 Å². The highest BCUT2D eigenvalue weighted by Gasteiger charge is 2.34. The number of carbonyl (C=O) groups is 3. The lowest BCUT2D eigenvalue weighted by Crippen LogP contribution is -2.35. The zero-order chi connectivity index (χ0) is 18.0. The van der Waals surface area contributed by atoms with E-state index in [-0.39, 0.29) is 11.3 Å². The number of hydrazine groups is 1. The minimum absolute atomic E-state index is 0.0838. The number of hydrogen-bond donors (Lipinski definition) is 1. The maximum Gasteiger partial charge on any atom is 0.308 e. The molecule has 0 saturated carbocycles. The van der Waals surface area contributed by atoms with Crippen molar-refractivity contribution in [3.8, 4) is 5.75 Å². The van der Waals surface area contributed by atoms with E-state index in [0.717, 1.165) is 5.01 Å². The molecule has 0 aromatic heterocycles. The summed E-state index contributed by atoms with van der Waals surface area (Å²) >= 11 is 5.97. The first-order valence-corrected chi connectivity index (χ1v) is 7.73. The van der Waals surface area contributed by atoms with E-state index in [1.165, 1.54) is 25.1 Å². The van der Waals surface area contributed by atoms with Crippen molar-refractivity contribution in [3.63, 3.8) is 0 Å². The lowest BCUT2D eigenvalue weighted by Gasteiger charge is -2.13. The summed E-state index contributed by atoms with van der Waals surface area (Å²) in [4.78, 5) is 36.0. The molecule has 0 bridgehead atoms. The van der Waals surface area contributed by atoms with Gasteiger partial charge in [0.05, 0.1) is 5.69 Å². The molecule has 0 aliphatic carbocycles. The third-order valence-electron chi connectivity index (χ3n) is 3.43. The lowest BCUT2D eigenvalue weighted by molar-refractivity contribution is -0.131. The van der Waals surface area contributed by atoms with Crippen LogP contribution in [0.4, 0.5) is 5.69 Å². The molecular weight excluding hydrogens is 344 g/mol. The number of anilines is 1. The maximum atomic E-state index is 12.6. The van der Waals surface area contributed by atoms with Gasteiger partial charge in [0, 0.05) is 17.5 Å². The van der Waals surface area contributed by atoms with Crippen LogP contribution in [0.5, 0.6) is 5.75 Å². The smallest absolute Gasteiger partial charge is 0.308 e. The Hall–Kier alpha value is -3.12. The number of esters is 1. The zero-order valence-electron chi connectivity index (χ0n) is 13.2. The predicted octanol–water partition coefficient (Wildman–Crippen LogP) is 2.73. The van der Waals surface area contributed by atoms with Gasteiger partial charge in [0.15, 0.2) is 0 Å². The first-order valence-electron chi connectivity index (χ1n) is 7.36. The Morgan fingerprint density at radius 1 is 1.16 bits per heavy atom. The molecule has 25 heavy (non-hydrogen) atoms. The van der Waals surface area contributed by atoms with Crippen molar-refractivity contribution in [1.29, 1.82) is 0 Å². The molecule has 7 heteroatoms. The fraction of sp³-hybridized carbons (Fsp3) is 0.0556. The van der Waals surface area contributed by atoms with E-state index >= 15 is 0 Å². The van der Waals surface area contributed by atoms with Gasteiger partial charge in [0.25, 0.3) is 11.8 Å². The van der Waals surface area contributed by atoms with Crippen LogP contribution < -0.4 is 15.2 Å². The van der Waals surface area contributed by atoms with E-state index in [9.17, 15) is 14.4 Å². The fourth-order valence-electron chi connectivity index (χ4n) is 2.35. The van der Waals surface area contributed by atoms with Gasteiger partial charge in [0.1, 0.15) is 11.3 Å². The van der Waals surface area contributed by atoms with Gasteiger partial charge in [-0.2, -0.15) is 0 Å². The van der Waals surface area contributed by atoms with Crippen molar-refractivity contribution in [1.82, 2.24) is 5.43 Å². The molecule has 0 unspecified atom stereocenters. The Kier molecular flexibility index (Phi) is 4.54. The highest BCUT2D eigenvalue weighted by molar-refractivity contribution is 6.32. The van der Waals surface area contributed by atoms with Gasteiger partial charge in [-0.3, -0.25) is 19.8 Å². The van der Waals surface area contributed by atoms with Crippen molar-refractivity contribution in [2.45, 2.75) is 6.92 Å². The first kappa shape index (κ1) is 16.7. The Balaban J connectivity index is 1.99. The zero-order valence-corrected chi connectivity index (χ0v) is 13.9. The molecule has 1 fully saturated rings. The summed E-state index contributed by atoms with van der Waals surface area (Å²) in [7, 11) is 0. The Labute approximate surface area is 148 Å². The van der Waals surface area contributed by atoms with Crippen LogP contribution in [0.15, 0.2) is 54.1 Å². The third-order valence-corrected chi connectivity index (χ3v) is 3.67. The molecule has 1 aliphatic heterocycles. The highest BCUT2D eigenvalue weighted by atomic mass is 35.5. The van der Waals surface area contributed by atoms with Gasteiger partial charge >= 0.3 is 5.97 Å². The number of benzene rings is 2. The monoisotopic (exact) mass is 356 g/mol. The number of nitrogens with zero attached hydrogens (tertiary/aromatic N) is 1. The van der Waals surface area contributed by atoms with Gasteiger partial charge in [-0.1, -0.05) is 29.8 Å². The molecule has 1 saturated heterocycles. The Bertz CT molecular complexity index is 893. The average molecular weight is 357 g/mol. The SMILES string of the molecule is CC(=O)Oc1ccc(Cl)cc1C=C1C(=O)NN(c2ccccc2)C1=O. The number of ether oxygens (including phenoxy) is 1. The number of rotatable bonds is 3. The lowest BCUT2D eigenvalue weighted by atomic mass is 10.1. The Morgan fingerprint density at radius 2 is 1.88 bits per heavy atom. The topological polar surface area (TPSA) is 75.7 Å². The molecular formula is C18H13ClN2O4. The standard InChI is InChI=1S/C18H13ClN2O4/c1-11(22)25-16-8-7-13(19)9-12(16)10-15-17(23)20-21(18(15)24)14-5-3-2-4-6-14/h2-10H,1H3,(H,20,23). The van der Waals surface area contributed by atoms with Crippen molar-refractivity contribution in [3.05, 3.63) is 64.7 Å². The third kappa shape index (κ3) is 3.54. The average Bonchev–Trinajstić information content (AvgIpc) is 2.86. The predicted molar refractivity (Wildman–Crippen MR) is 92.8 cm³/mol. The molecule has 0 atom stereocenters. The summed E-state index contributed by atoms with van der Waals surface area (Å²) < 4.78 is 5.09. The van der Waals surface area contributed by atoms with E-state index in [2.05, 4.69) is 5.43 Å². The molecule has 2 aromatic rings. The number of carbonyl (C=O) groups excluding carboxylic acids is 3. The summed E-state index contributed by atoms with van der Waals surface area (Å²) in [5.74, 6) is -1.37. The minimum atomic E-state index is -0.553. The minimum Gasteiger partial charge on any atom is -0.426 e. The van der Waals surface area contributed by atoms with Gasteiger partial charge in [0.2, 0.25) is 0 Å². The fourth-order valence-corrected chi connectivity index (χ4v) is 2.53. The van der Waals surface area contributed by atoms with Gasteiger partial charge in [-0.15, -0.1) is 0 Å². The molecule has 2 amide bonds. The number of halogens is 1. The first-order chi connectivity index (χ1) is 12.0. The van der Waals surface area contributed by atoms with Crippen LogP contribution >= 0.6 is 11.6 Å². The summed E-state index contributed by atoms with van der Waals surface area (Å²) in [5.41, 5.74) is 3.31. The van der Waals surface area contributed by atoms with Crippen molar-refractivity contribution < 1.29 is 19.1 Å². The number of nitrogens with one attached hydrogen (secondary N) is 1. The summed E-state index contributed by atoms with van der Waals surface area (Å²) in [5, 5.41) is 1.54. The van der Waals surface area contributed by atoms with E-state index < -0.39 is 17.8 Å². The van der Waals surface area contributed by atoms with Crippen LogP contribution in [-0.2, 0) is 14.4 Å². The summed E-state index contributed by atoms with van der Waals surface area (Å²) in [6.07, 6.45) is 1.35. The van der Waals surface area contributed by atoms with E-state index in [1.807, 2.05) is 0 Å². The molecule has 6 nitrogen and oxygen atoms in total. The van der Waals surface area contributed by atoms with Crippen LogP contribution in [0.1, 0.15) is 12.5 Å². The molecule has 126 valence electrons. The number of hydrogen-bond acceptors (Lipinski definition) is 4. The van der Waals surface area contributed by atoms with Crippen LogP contribution in [0.25, 0.3) is 6.08 Å². The van der Waals surface area contributed by atoms with Crippen LogP contribution in [0, 0.1) is 0 Å². The van der Waals surface area contributed by atoms with Crippen molar-refractivity contribution in [2.75, 3.05) is 5.01 Å². The normalized spacial score (nSPS) is 15.4. The van der Waals surface area contributed by atoms with Crippen LogP contribution in [0.3, 0.4) is 0 Å². The second-order valence-electron chi connectivity index (χ2n) is 5.25. The molecule has 0 radical (unpaired) electrons. The summed E-state index contributed by atoms with van der Waals surface area (Å²) in [6.45, 7) is 1.26. The molecule has 1 N–H and O–H groups in total. The molecule has 1 heterocycles. The molecule has 1 aliphatic rings. The van der Waals surface area contributed by atoms with E-state index in [1.54, 1.807) is 36.4 Å². The maximum absolute atomic E-state index is 12.6. The highest BCUT2D eigenvalue weighted by Crippen LogP contribution is 2.28. The largest absolute Gasteiger partial charge is 0.426 e. The van der Waals surface area contributed by atoms with Gasteiger partial charge < -0.3 is 4.74 Å². The van der Waals surface area contributed by atoms with E-state index in [4.69, 9.17) is 16.3 Å². The quantitative estimate of drug-likeness (QED) is 0.397. The number of amides is 2. The second-order valence-corrected chi connectivity index (χ2v) is 5.69. The van der Waals surface area contributed by atoms with E-state index in [0.29, 0.717) is 16.3 Å². The second kappa shape index (κ2) is 6.78. The van der Waals surface area contributed by atoms with Gasteiger partial charge in [-0.05, 0) is 36.4 Å². The molecule has 3 rings (SSSR count). The molecule has 0 spiro atoms. The van der Waals surface area contributed by atoms with Crippen LogP contribution in [-0.4, -0.2) is 17.8 Å². The van der Waals surface area contributed by atoms with Gasteiger partial charge in [-0.25, -0.2) is 5.01 Å². The molecule has 2 aromatic carbocycles. The summed E-state index contributed by atoms with van der Waals surface area (Å²) in [6, 6.07) is 13.3. The van der Waals surface area contributed by atoms with Crippen molar-refractivity contribution >= 4 is 41.1 Å². The van der Waals surface area contributed by atoms with Crippen LogP contribution in [0.2, 0.25) is 5.02 Å².